The average Bonchev–Trinajstić information content (AvgIpc) is 2.96. The summed E-state index contributed by atoms with van der Waals surface area (Å²) < 4.78 is 39.4. The minimum Gasteiger partial charge on any atom is -0.491 e. The summed E-state index contributed by atoms with van der Waals surface area (Å²) >= 11 is 0. The van der Waals surface area contributed by atoms with E-state index in [0.29, 0.717) is 30.2 Å². The second-order valence-electron chi connectivity index (χ2n) is 10.5. The molecule has 216 valence electrons. The van der Waals surface area contributed by atoms with Crippen molar-refractivity contribution < 1.29 is 23.0 Å². The molecule has 0 amide bonds. The van der Waals surface area contributed by atoms with Gasteiger partial charge in [0.2, 0.25) is 5.67 Å². The number of ether oxygens (including phenoxy) is 2. The number of hydrogen-bond acceptors (Lipinski definition) is 5. The van der Waals surface area contributed by atoms with Crippen LogP contribution in [0.5, 0.6) is 11.5 Å². The number of alkyl halides is 2. The predicted octanol–water partition coefficient (Wildman–Crippen LogP) is 9.10. The van der Waals surface area contributed by atoms with Gasteiger partial charge in [0.05, 0.1) is 0 Å². The summed E-state index contributed by atoms with van der Waals surface area (Å²) in [4.78, 5) is 21.4. The molecule has 0 bridgehead atoms. The topological polar surface area (TPSA) is 61.3 Å². The molecule has 1 aromatic heterocycles. The molecule has 3 aromatic rings. The lowest BCUT2D eigenvalue weighted by molar-refractivity contribution is -0.147. The van der Waals surface area contributed by atoms with E-state index in [1.165, 1.54) is 26.2 Å². The van der Waals surface area contributed by atoms with Crippen molar-refractivity contribution >= 4 is 5.97 Å². The van der Waals surface area contributed by atoms with E-state index in [1.807, 2.05) is 19.1 Å². The Bertz CT molecular complexity index is 1150. The van der Waals surface area contributed by atoms with Gasteiger partial charge >= 0.3 is 5.97 Å². The fraction of sp³-hybridized carbons (Fsp3) is 0.485. The standard InChI is InChI=1S/C33H42F2N2O3/c1-4-6-7-8-9-10-11-21-33(3,35)32(38)40-30-19-13-25(14-20-30)27-22-36-31(37-23-27)26-15-17-29(18-16-26)39-24-28(34)12-5-2/h13-20,22-23,28H,4-12,21,24H2,1-3H3/t28-,33-/m0/s1. The number of benzene rings is 2. The summed E-state index contributed by atoms with van der Waals surface area (Å²) in [6, 6.07) is 14.1. The van der Waals surface area contributed by atoms with Crippen molar-refractivity contribution in [3.05, 3.63) is 60.9 Å². The maximum atomic E-state index is 14.9. The van der Waals surface area contributed by atoms with E-state index in [1.54, 1.807) is 48.8 Å². The molecular formula is C33H42F2N2O3. The van der Waals surface area contributed by atoms with Gasteiger partial charge in [0.25, 0.3) is 0 Å². The van der Waals surface area contributed by atoms with Crippen molar-refractivity contribution in [3.8, 4) is 34.0 Å². The van der Waals surface area contributed by atoms with Crippen LogP contribution in [0.15, 0.2) is 60.9 Å². The van der Waals surface area contributed by atoms with E-state index in [4.69, 9.17) is 9.47 Å². The Kier molecular flexibility index (Phi) is 12.5. The van der Waals surface area contributed by atoms with Gasteiger partial charge in [-0.1, -0.05) is 70.9 Å². The summed E-state index contributed by atoms with van der Waals surface area (Å²) in [5, 5.41) is 0. The van der Waals surface area contributed by atoms with Gasteiger partial charge in [0.15, 0.2) is 5.82 Å². The van der Waals surface area contributed by atoms with E-state index in [9.17, 15) is 13.6 Å². The van der Waals surface area contributed by atoms with Crippen LogP contribution in [-0.2, 0) is 4.79 Å². The van der Waals surface area contributed by atoms with Gasteiger partial charge in [-0.3, -0.25) is 0 Å². The number of unbranched alkanes of at least 4 members (excludes halogenated alkanes) is 6. The highest BCUT2D eigenvalue weighted by Gasteiger charge is 2.34. The maximum Gasteiger partial charge on any atom is 0.348 e. The average molecular weight is 553 g/mol. The molecule has 0 aliphatic heterocycles. The Morgan fingerprint density at radius 3 is 2.00 bits per heavy atom. The molecule has 1 heterocycles. The van der Waals surface area contributed by atoms with Crippen LogP contribution >= 0.6 is 0 Å². The van der Waals surface area contributed by atoms with Gasteiger partial charge in [-0.05, 0) is 68.1 Å². The van der Waals surface area contributed by atoms with Gasteiger partial charge in [0.1, 0.15) is 24.3 Å². The molecule has 0 radical (unpaired) electrons. The highest BCUT2D eigenvalue weighted by Crippen LogP contribution is 2.27. The molecule has 0 aliphatic rings. The number of carbonyl (C=O) groups is 1. The van der Waals surface area contributed by atoms with Crippen LogP contribution in [0.25, 0.3) is 22.5 Å². The second-order valence-corrected chi connectivity index (χ2v) is 10.5. The first kappa shape index (κ1) is 31.2. The lowest BCUT2D eigenvalue weighted by atomic mass is 9.99. The normalized spacial score (nSPS) is 13.4. The lowest BCUT2D eigenvalue weighted by Gasteiger charge is -2.18. The summed E-state index contributed by atoms with van der Waals surface area (Å²) in [7, 11) is 0. The Morgan fingerprint density at radius 2 is 1.38 bits per heavy atom. The molecule has 2 atom stereocenters. The Hall–Kier alpha value is -3.35. The number of hydrogen-bond donors (Lipinski definition) is 0. The van der Waals surface area contributed by atoms with Gasteiger partial charge in [0, 0.05) is 23.5 Å². The molecular weight excluding hydrogens is 510 g/mol. The lowest BCUT2D eigenvalue weighted by Crippen LogP contribution is -2.34. The molecule has 0 unspecified atom stereocenters. The van der Waals surface area contributed by atoms with Crippen molar-refractivity contribution in [3.63, 3.8) is 0 Å². The molecule has 2 aromatic carbocycles. The summed E-state index contributed by atoms with van der Waals surface area (Å²) in [6.07, 6.45) is 11.4. The molecule has 40 heavy (non-hydrogen) atoms. The van der Waals surface area contributed by atoms with Gasteiger partial charge < -0.3 is 9.47 Å². The zero-order chi connectivity index (χ0) is 28.8. The number of nitrogens with zero attached hydrogens (tertiary/aromatic N) is 2. The number of aromatic nitrogens is 2. The maximum absolute atomic E-state index is 14.9. The molecule has 0 fully saturated rings. The van der Waals surface area contributed by atoms with Crippen LogP contribution in [0.2, 0.25) is 0 Å². The molecule has 0 N–H and O–H groups in total. The highest BCUT2D eigenvalue weighted by molar-refractivity contribution is 5.81. The van der Waals surface area contributed by atoms with Crippen molar-refractivity contribution in [2.45, 2.75) is 96.8 Å². The first-order valence-electron chi connectivity index (χ1n) is 14.5. The van der Waals surface area contributed by atoms with Crippen LogP contribution < -0.4 is 9.47 Å². The minimum atomic E-state index is -2.01. The van der Waals surface area contributed by atoms with Gasteiger partial charge in [-0.25, -0.2) is 23.5 Å². The Labute approximate surface area is 237 Å². The number of carbonyl (C=O) groups excluding carboxylic acids is 1. The van der Waals surface area contributed by atoms with Gasteiger partial charge in [-0.15, -0.1) is 0 Å². The van der Waals surface area contributed by atoms with Crippen molar-refractivity contribution in [1.82, 2.24) is 9.97 Å². The van der Waals surface area contributed by atoms with Crippen LogP contribution in [0, 0.1) is 0 Å². The van der Waals surface area contributed by atoms with E-state index in [2.05, 4.69) is 16.9 Å². The molecule has 3 rings (SSSR count). The molecule has 0 saturated carbocycles. The smallest absolute Gasteiger partial charge is 0.348 e. The monoisotopic (exact) mass is 552 g/mol. The fourth-order valence-corrected chi connectivity index (χ4v) is 4.35. The molecule has 0 spiro atoms. The van der Waals surface area contributed by atoms with Crippen molar-refractivity contribution in [2.75, 3.05) is 6.61 Å². The van der Waals surface area contributed by atoms with Crippen LogP contribution in [0.3, 0.4) is 0 Å². The number of rotatable bonds is 17. The molecule has 0 aliphatic carbocycles. The Morgan fingerprint density at radius 1 is 0.800 bits per heavy atom. The third kappa shape index (κ3) is 10.00. The SMILES string of the molecule is CCCCCCCCC[C@](C)(F)C(=O)Oc1ccc(-c2cnc(-c3ccc(OC[C@@H](F)CCC)cc3)nc2)cc1. The van der Waals surface area contributed by atoms with Crippen molar-refractivity contribution in [1.29, 1.82) is 0 Å². The third-order valence-electron chi connectivity index (χ3n) is 6.87. The Balaban J connectivity index is 1.50. The number of esters is 1. The zero-order valence-electron chi connectivity index (χ0n) is 24.0. The fourth-order valence-electron chi connectivity index (χ4n) is 4.35. The van der Waals surface area contributed by atoms with E-state index in [-0.39, 0.29) is 13.0 Å². The predicted molar refractivity (Wildman–Crippen MR) is 156 cm³/mol. The third-order valence-corrected chi connectivity index (χ3v) is 6.87. The van der Waals surface area contributed by atoms with Crippen LogP contribution in [-0.4, -0.2) is 34.4 Å². The quantitative estimate of drug-likeness (QED) is 0.0949. The second kappa shape index (κ2) is 16.0. The largest absolute Gasteiger partial charge is 0.491 e. The highest BCUT2D eigenvalue weighted by atomic mass is 19.1. The molecule has 5 nitrogen and oxygen atoms in total. The van der Waals surface area contributed by atoms with Crippen molar-refractivity contribution in [2.24, 2.45) is 0 Å². The van der Waals surface area contributed by atoms with E-state index in [0.717, 1.165) is 42.4 Å². The molecule has 0 saturated heterocycles. The summed E-state index contributed by atoms with van der Waals surface area (Å²) in [5.41, 5.74) is 0.438. The van der Waals surface area contributed by atoms with E-state index >= 15 is 0 Å². The summed E-state index contributed by atoms with van der Waals surface area (Å²) in [6.45, 7) is 5.47. The number of halogens is 2. The van der Waals surface area contributed by atoms with Crippen LogP contribution in [0.1, 0.15) is 85.0 Å². The minimum absolute atomic E-state index is 0.0444. The van der Waals surface area contributed by atoms with Gasteiger partial charge in [-0.2, -0.15) is 0 Å². The van der Waals surface area contributed by atoms with Crippen LogP contribution in [0.4, 0.5) is 8.78 Å². The zero-order valence-corrected chi connectivity index (χ0v) is 24.0. The van der Waals surface area contributed by atoms with E-state index < -0.39 is 17.8 Å². The molecule has 7 heteroatoms. The summed E-state index contributed by atoms with van der Waals surface area (Å²) in [5.74, 6) is 0.593. The first-order chi connectivity index (χ1) is 19.3. The first-order valence-corrected chi connectivity index (χ1v) is 14.5.